The van der Waals surface area contributed by atoms with E-state index >= 15 is 0 Å². The van der Waals surface area contributed by atoms with Gasteiger partial charge < -0.3 is 10.4 Å². The van der Waals surface area contributed by atoms with Gasteiger partial charge in [0.25, 0.3) is 5.91 Å². The maximum absolute atomic E-state index is 14.9. The number of benzene rings is 3. The maximum Gasteiger partial charge on any atom is 0.305 e. The van der Waals surface area contributed by atoms with Crippen molar-refractivity contribution in [2.24, 2.45) is 4.99 Å². The van der Waals surface area contributed by atoms with Crippen molar-refractivity contribution < 1.29 is 23.5 Å². The highest BCUT2D eigenvalue weighted by atomic mass is 35.5. The summed E-state index contributed by atoms with van der Waals surface area (Å²) in [6.07, 6.45) is 4.15. The lowest BCUT2D eigenvalue weighted by molar-refractivity contribution is -0.136. The Bertz CT molecular complexity index is 1600. The number of amides is 1. The molecule has 1 unspecified atom stereocenters. The van der Waals surface area contributed by atoms with Gasteiger partial charge in [-0.1, -0.05) is 49.7 Å². The van der Waals surface area contributed by atoms with E-state index in [-0.39, 0.29) is 30.1 Å². The first-order valence-corrected chi connectivity index (χ1v) is 15.1. The molecule has 0 bridgehead atoms. The number of halogens is 3. The molecule has 3 aromatic rings. The van der Waals surface area contributed by atoms with Gasteiger partial charge >= 0.3 is 5.97 Å². The Labute approximate surface area is 255 Å². The number of carboxylic acids is 1. The van der Waals surface area contributed by atoms with Crippen LogP contribution in [0.4, 0.5) is 8.78 Å². The molecule has 1 aliphatic heterocycles. The molecule has 5 nitrogen and oxygen atoms in total. The molecule has 3 aromatic carbocycles. The average Bonchev–Trinajstić information content (AvgIpc) is 3.17. The van der Waals surface area contributed by atoms with Gasteiger partial charge in [-0.15, -0.1) is 21.0 Å². The highest BCUT2D eigenvalue weighted by Gasteiger charge is 2.28. The van der Waals surface area contributed by atoms with Crippen LogP contribution in [0.2, 0.25) is 5.02 Å². The zero-order valence-corrected chi connectivity index (χ0v) is 25.8. The number of nitrogens with zero attached hydrogens (tertiary/aromatic N) is 1. The number of thioether (sulfide) groups is 1. The summed E-state index contributed by atoms with van der Waals surface area (Å²) in [7, 11) is 2.66. The zero-order chi connectivity index (χ0) is 30.4. The summed E-state index contributed by atoms with van der Waals surface area (Å²) in [5, 5.41) is 13.4. The van der Waals surface area contributed by atoms with Crippen LogP contribution in [-0.4, -0.2) is 28.6 Å². The van der Waals surface area contributed by atoms with Gasteiger partial charge in [0, 0.05) is 34.5 Å². The molecule has 1 amide bonds. The fourth-order valence-corrected chi connectivity index (χ4v) is 5.68. The van der Waals surface area contributed by atoms with Gasteiger partial charge in [-0.25, -0.2) is 13.8 Å². The van der Waals surface area contributed by atoms with Crippen molar-refractivity contribution in [2.45, 2.75) is 37.9 Å². The van der Waals surface area contributed by atoms with Crippen LogP contribution in [0.25, 0.3) is 5.57 Å². The summed E-state index contributed by atoms with van der Waals surface area (Å²) >= 11 is 7.61. The van der Waals surface area contributed by atoms with Crippen LogP contribution in [0.5, 0.6) is 0 Å². The second-order valence-electron chi connectivity index (χ2n) is 10.3. The van der Waals surface area contributed by atoms with Gasteiger partial charge in [-0.05, 0) is 82.0 Å². The molecule has 0 aromatic heterocycles. The fraction of sp³-hybridized carbons (Fsp3) is 0.219. The van der Waals surface area contributed by atoms with E-state index < -0.39 is 23.1 Å². The molecule has 4 rings (SSSR count). The highest BCUT2D eigenvalue weighted by Crippen LogP contribution is 2.39. The first-order valence-electron chi connectivity index (χ1n) is 13.1. The fourth-order valence-electron chi connectivity index (χ4n) is 4.40. The molecule has 0 radical (unpaired) electrons. The van der Waals surface area contributed by atoms with Gasteiger partial charge in [-0.3, -0.25) is 9.59 Å². The molecule has 1 aliphatic rings. The van der Waals surface area contributed by atoms with E-state index in [2.05, 4.69) is 28.4 Å². The maximum atomic E-state index is 14.9. The molecule has 0 fully saturated rings. The molecule has 0 saturated carbocycles. The number of rotatable bonds is 9. The molecular weight excluding hydrogens is 597 g/mol. The molecule has 2 N–H and O–H groups in total. The van der Waals surface area contributed by atoms with Gasteiger partial charge in [0.2, 0.25) is 0 Å². The lowest BCUT2D eigenvalue weighted by Gasteiger charge is -2.29. The molecule has 218 valence electrons. The monoisotopic (exact) mass is 626 g/mol. The predicted octanol–water partition coefficient (Wildman–Crippen LogP) is 7.30. The van der Waals surface area contributed by atoms with Crippen LogP contribution in [0.3, 0.4) is 0 Å². The number of hydrogen-bond acceptors (Lipinski definition) is 4. The van der Waals surface area contributed by atoms with Gasteiger partial charge in [0.05, 0.1) is 11.5 Å². The van der Waals surface area contributed by atoms with Gasteiger partial charge in [-0.2, -0.15) is 0 Å². The van der Waals surface area contributed by atoms with Crippen molar-refractivity contribution in [3.8, 4) is 0 Å². The minimum atomic E-state index is -1.03. The van der Waals surface area contributed by atoms with Gasteiger partial charge in [0.15, 0.2) is 0 Å². The summed E-state index contributed by atoms with van der Waals surface area (Å²) in [4.78, 5) is 27.7. The smallest absolute Gasteiger partial charge is 0.305 e. The van der Waals surface area contributed by atoms with E-state index in [1.165, 1.54) is 30.0 Å². The number of aliphatic carboxylic acids is 1. The standard InChI is InChI=1S/C32H30ClF2N2O3PS/c1-32(2,23-7-10-26(33)28(41)16-23)24-13-22(19-5-8-25(34)9-6-19)15-29(37-17-24)42-18-21-4-3-20(14-27(21)35)31(40)36-12-11-30(38)39/h3-10,14-17H,11-13,18,41H2,1-2H3,(H,36,40)(H,38,39). The lowest BCUT2D eigenvalue weighted by atomic mass is 9.75. The Kier molecular flexibility index (Phi) is 10.4. The minimum Gasteiger partial charge on any atom is -0.481 e. The third-order valence-corrected chi connectivity index (χ3v) is 9.06. The Morgan fingerprint density at radius 2 is 1.83 bits per heavy atom. The van der Waals surface area contributed by atoms with Crippen molar-refractivity contribution in [2.75, 3.05) is 6.54 Å². The summed E-state index contributed by atoms with van der Waals surface area (Å²) < 4.78 is 28.7. The van der Waals surface area contributed by atoms with E-state index in [0.717, 1.165) is 33.6 Å². The molecular formula is C32H30ClF2N2O3PS. The predicted molar refractivity (Wildman–Crippen MR) is 171 cm³/mol. The van der Waals surface area contributed by atoms with E-state index in [4.69, 9.17) is 21.7 Å². The molecule has 1 atom stereocenters. The van der Waals surface area contributed by atoms with Crippen molar-refractivity contribution in [1.82, 2.24) is 5.32 Å². The van der Waals surface area contributed by atoms with Crippen LogP contribution >= 0.6 is 32.6 Å². The Hall–Kier alpha value is -3.32. The molecule has 0 aliphatic carbocycles. The van der Waals surface area contributed by atoms with E-state index in [9.17, 15) is 18.4 Å². The topological polar surface area (TPSA) is 78.8 Å². The third-order valence-electron chi connectivity index (χ3n) is 7.08. The van der Waals surface area contributed by atoms with Crippen LogP contribution in [0, 0.1) is 11.6 Å². The Balaban J connectivity index is 1.59. The second kappa shape index (κ2) is 13.8. The van der Waals surface area contributed by atoms with Crippen LogP contribution in [0.1, 0.15) is 53.7 Å². The minimum absolute atomic E-state index is 0.0428. The third kappa shape index (κ3) is 7.94. The first kappa shape index (κ1) is 31.6. The molecule has 0 saturated heterocycles. The number of aliphatic imine (C=N–C) groups is 1. The number of carbonyl (C=O) groups excluding carboxylic acids is 1. The van der Waals surface area contributed by atoms with Gasteiger partial charge in [0.1, 0.15) is 11.6 Å². The van der Waals surface area contributed by atoms with E-state index in [0.29, 0.717) is 22.1 Å². The van der Waals surface area contributed by atoms with Crippen molar-refractivity contribution in [3.63, 3.8) is 0 Å². The van der Waals surface area contributed by atoms with Crippen molar-refractivity contribution in [3.05, 3.63) is 117 Å². The SMILES string of the molecule is CC(C)(C1=CN=C(SCc2ccc(C(=O)NCCC(=O)O)cc2F)C=C(c2ccc(F)cc2)C1)c1ccc(Cl)c(P)c1. The van der Waals surface area contributed by atoms with Crippen LogP contribution < -0.4 is 10.6 Å². The quantitative estimate of drug-likeness (QED) is 0.244. The van der Waals surface area contributed by atoms with Crippen LogP contribution in [-0.2, 0) is 16.0 Å². The molecule has 10 heteroatoms. The highest BCUT2D eigenvalue weighted by molar-refractivity contribution is 8.13. The Morgan fingerprint density at radius 3 is 2.50 bits per heavy atom. The van der Waals surface area contributed by atoms with E-state index in [1.54, 1.807) is 18.2 Å². The lowest BCUT2D eigenvalue weighted by Crippen LogP contribution is -2.26. The van der Waals surface area contributed by atoms with Crippen molar-refractivity contribution in [1.29, 1.82) is 0 Å². The number of carboxylic acid groups (broad SMARTS) is 1. The number of nitrogens with one attached hydrogen (secondary N) is 1. The molecule has 0 spiro atoms. The normalized spacial score (nSPS) is 13.5. The van der Waals surface area contributed by atoms with Crippen molar-refractivity contribution >= 4 is 60.4 Å². The Morgan fingerprint density at radius 1 is 1.10 bits per heavy atom. The molecule has 1 heterocycles. The summed E-state index contributed by atoms with van der Waals surface area (Å²) in [6.45, 7) is 4.20. The van der Waals surface area contributed by atoms with E-state index in [1.807, 2.05) is 30.5 Å². The second-order valence-corrected chi connectivity index (χ2v) is 12.4. The summed E-state index contributed by atoms with van der Waals surface area (Å²) in [5.41, 5.74) is 4.04. The number of hydrogen-bond donors (Lipinski definition) is 2. The first-order chi connectivity index (χ1) is 19.9. The number of carbonyl (C=O) groups is 2. The largest absolute Gasteiger partial charge is 0.481 e. The molecule has 42 heavy (non-hydrogen) atoms. The average molecular weight is 627 g/mol. The van der Waals surface area contributed by atoms with Crippen LogP contribution in [0.15, 0.2) is 83.5 Å². The zero-order valence-electron chi connectivity index (χ0n) is 23.1. The summed E-state index contributed by atoms with van der Waals surface area (Å²) in [5.74, 6) is -2.17. The number of allylic oxidation sites excluding steroid dienone is 2. The summed E-state index contributed by atoms with van der Waals surface area (Å²) in [6, 6.07) is 16.4.